The van der Waals surface area contributed by atoms with Crippen molar-refractivity contribution < 1.29 is 0 Å². The maximum atomic E-state index is 2.42. The van der Waals surface area contributed by atoms with E-state index in [1.54, 1.807) is 0 Å². The van der Waals surface area contributed by atoms with Crippen molar-refractivity contribution in [2.45, 2.75) is 0 Å². The van der Waals surface area contributed by atoms with E-state index in [4.69, 9.17) is 0 Å². The van der Waals surface area contributed by atoms with Crippen LogP contribution in [0.1, 0.15) is 0 Å². The van der Waals surface area contributed by atoms with Gasteiger partial charge in [-0.3, -0.25) is 0 Å². The summed E-state index contributed by atoms with van der Waals surface area (Å²) in [7, 11) is 0. The van der Waals surface area contributed by atoms with Crippen LogP contribution < -0.4 is 4.90 Å². The molecule has 12 aromatic rings. The Morgan fingerprint density at radius 1 is 0.206 bits per heavy atom. The predicted octanol–water partition coefficient (Wildman–Crippen LogP) is 17.6. The van der Waals surface area contributed by atoms with Crippen LogP contribution in [0.3, 0.4) is 0 Å². The van der Waals surface area contributed by atoms with Crippen LogP contribution in [0.5, 0.6) is 0 Å². The van der Waals surface area contributed by atoms with Crippen LogP contribution in [0.2, 0.25) is 0 Å². The molecule has 0 saturated heterocycles. The summed E-state index contributed by atoms with van der Waals surface area (Å²) in [6, 6.07) is 91.1. The molecule has 0 bridgehead atoms. The molecule has 12 rings (SSSR count). The van der Waals surface area contributed by atoms with Crippen LogP contribution in [-0.2, 0) is 0 Å². The second-order valence-corrected chi connectivity index (χ2v) is 16.4. The number of rotatable bonds is 7. The zero-order chi connectivity index (χ0) is 41.7. The fourth-order valence-corrected chi connectivity index (χ4v) is 9.88. The highest BCUT2D eigenvalue weighted by Crippen LogP contribution is 2.46. The fraction of sp³-hybridized carbons (Fsp3) is 0. The first-order valence-electron chi connectivity index (χ1n) is 21.7. The van der Waals surface area contributed by atoms with Crippen molar-refractivity contribution in [1.82, 2.24) is 0 Å². The van der Waals surface area contributed by atoms with Gasteiger partial charge in [-0.2, -0.15) is 0 Å². The largest absolute Gasteiger partial charge is 0.310 e. The van der Waals surface area contributed by atoms with E-state index in [1.807, 2.05) is 0 Å². The Balaban J connectivity index is 1.06. The van der Waals surface area contributed by atoms with Crippen molar-refractivity contribution in [3.63, 3.8) is 0 Å². The molecule has 63 heavy (non-hydrogen) atoms. The summed E-state index contributed by atoms with van der Waals surface area (Å²) in [6.45, 7) is 0. The molecule has 0 saturated carbocycles. The lowest BCUT2D eigenvalue weighted by atomic mass is 9.84. The number of hydrogen-bond acceptors (Lipinski definition) is 1. The molecule has 0 aromatic heterocycles. The number of hydrogen-bond donors (Lipinski definition) is 0. The minimum Gasteiger partial charge on any atom is -0.310 e. The quantitative estimate of drug-likeness (QED) is 0.145. The third-order valence-electron chi connectivity index (χ3n) is 12.8. The van der Waals surface area contributed by atoms with E-state index in [0.29, 0.717) is 0 Å². The SMILES string of the molecule is c1ccc(-c2c(-c3ccccc3)c3cc(-c4cccc(N(c5cccc(-c6cccc7ccccc67)c5)c5ccc6c(ccc7ccccc76)c5)c4)ccc3c3ccccc23)cc1. The van der Waals surface area contributed by atoms with Crippen molar-refractivity contribution >= 4 is 70.9 Å². The van der Waals surface area contributed by atoms with Gasteiger partial charge in [0.15, 0.2) is 0 Å². The maximum Gasteiger partial charge on any atom is 0.0468 e. The number of fused-ring (bicyclic) bond motifs is 7. The van der Waals surface area contributed by atoms with Gasteiger partial charge in [0.1, 0.15) is 0 Å². The Labute approximate surface area is 367 Å². The summed E-state index contributed by atoms with van der Waals surface area (Å²) < 4.78 is 0. The summed E-state index contributed by atoms with van der Waals surface area (Å²) in [6.07, 6.45) is 0. The molecule has 0 aliphatic heterocycles. The van der Waals surface area contributed by atoms with Gasteiger partial charge in [0.05, 0.1) is 0 Å². The number of benzene rings is 12. The first kappa shape index (κ1) is 36.6. The molecule has 1 nitrogen and oxygen atoms in total. The first-order valence-corrected chi connectivity index (χ1v) is 21.7. The highest BCUT2D eigenvalue weighted by molar-refractivity contribution is 6.22. The monoisotopic (exact) mass is 799 g/mol. The minimum atomic E-state index is 1.09. The summed E-state index contributed by atoms with van der Waals surface area (Å²) in [4.78, 5) is 2.42. The van der Waals surface area contributed by atoms with Crippen LogP contribution in [0.25, 0.3) is 98.4 Å². The van der Waals surface area contributed by atoms with Crippen LogP contribution >= 0.6 is 0 Å². The summed E-state index contributed by atoms with van der Waals surface area (Å²) in [5.74, 6) is 0. The second-order valence-electron chi connectivity index (χ2n) is 16.4. The molecule has 0 aliphatic carbocycles. The lowest BCUT2D eigenvalue weighted by Crippen LogP contribution is -2.10. The second kappa shape index (κ2) is 15.3. The molecule has 0 N–H and O–H groups in total. The van der Waals surface area contributed by atoms with E-state index in [0.717, 1.165) is 22.6 Å². The van der Waals surface area contributed by atoms with Crippen molar-refractivity contribution in [2.24, 2.45) is 0 Å². The van der Waals surface area contributed by atoms with Crippen molar-refractivity contribution in [1.29, 1.82) is 0 Å². The Morgan fingerprint density at radius 2 is 0.667 bits per heavy atom. The lowest BCUT2D eigenvalue weighted by molar-refractivity contribution is 1.29. The van der Waals surface area contributed by atoms with Crippen LogP contribution in [0, 0.1) is 0 Å². The molecule has 0 heterocycles. The van der Waals surface area contributed by atoms with Gasteiger partial charge in [0.2, 0.25) is 0 Å². The Kier molecular flexibility index (Phi) is 8.90. The normalized spacial score (nSPS) is 11.5. The molecular formula is C62H41N. The minimum absolute atomic E-state index is 1.09. The highest BCUT2D eigenvalue weighted by atomic mass is 15.1. The average Bonchev–Trinajstić information content (AvgIpc) is 3.36. The lowest BCUT2D eigenvalue weighted by Gasteiger charge is -2.27. The van der Waals surface area contributed by atoms with Gasteiger partial charge in [0, 0.05) is 17.1 Å². The predicted molar refractivity (Wildman–Crippen MR) is 270 cm³/mol. The Morgan fingerprint density at radius 3 is 1.41 bits per heavy atom. The summed E-state index contributed by atoms with van der Waals surface area (Å²) >= 11 is 0. The van der Waals surface area contributed by atoms with Crippen LogP contribution in [0.4, 0.5) is 17.1 Å². The zero-order valence-corrected chi connectivity index (χ0v) is 34.6. The van der Waals surface area contributed by atoms with E-state index in [9.17, 15) is 0 Å². The van der Waals surface area contributed by atoms with Gasteiger partial charge in [-0.1, -0.05) is 206 Å². The molecule has 1 heteroatoms. The Bertz CT molecular complexity index is 3670. The molecule has 0 spiro atoms. The van der Waals surface area contributed by atoms with Gasteiger partial charge in [-0.25, -0.2) is 0 Å². The van der Waals surface area contributed by atoms with Gasteiger partial charge >= 0.3 is 0 Å². The maximum absolute atomic E-state index is 2.42. The molecule has 0 fully saturated rings. The Hall–Kier alpha value is -8.26. The van der Waals surface area contributed by atoms with Gasteiger partial charge in [-0.15, -0.1) is 0 Å². The van der Waals surface area contributed by atoms with E-state index in [2.05, 4.69) is 254 Å². The number of nitrogens with zero attached hydrogens (tertiary/aromatic N) is 1. The molecule has 0 amide bonds. The van der Waals surface area contributed by atoms with Gasteiger partial charge in [-0.05, 0) is 141 Å². The molecular weight excluding hydrogens is 759 g/mol. The van der Waals surface area contributed by atoms with E-state index >= 15 is 0 Å². The van der Waals surface area contributed by atoms with Gasteiger partial charge < -0.3 is 4.90 Å². The molecule has 0 unspecified atom stereocenters. The third-order valence-corrected chi connectivity index (χ3v) is 12.8. The smallest absolute Gasteiger partial charge is 0.0468 e. The van der Waals surface area contributed by atoms with Crippen molar-refractivity contribution in [2.75, 3.05) is 4.90 Å². The molecule has 0 aliphatic rings. The van der Waals surface area contributed by atoms with Crippen molar-refractivity contribution in [3.8, 4) is 44.5 Å². The topological polar surface area (TPSA) is 3.24 Å². The van der Waals surface area contributed by atoms with Crippen molar-refractivity contribution in [3.05, 3.63) is 249 Å². The fourth-order valence-electron chi connectivity index (χ4n) is 9.88. The van der Waals surface area contributed by atoms with Crippen LogP contribution in [0.15, 0.2) is 249 Å². The molecule has 294 valence electrons. The summed E-state index contributed by atoms with van der Waals surface area (Å²) in [5, 5.41) is 12.5. The standard InChI is InChI=1S/C62H41N/c1-3-18-44(19-4-1)61-59-30-12-11-29-57(59)58-36-34-47(41-60(58)62(61)45-20-5-2-6-21-45)46-23-13-25-50(38-46)63(52-35-37-56-49(40-52)33-32-43-17-8-10-28-54(43)56)51-26-14-24-48(39-51)55-31-15-22-42-16-7-9-27-53(42)55/h1-41H. The van der Waals surface area contributed by atoms with E-state index < -0.39 is 0 Å². The first-order chi connectivity index (χ1) is 31.2. The zero-order valence-electron chi connectivity index (χ0n) is 34.6. The van der Waals surface area contributed by atoms with Gasteiger partial charge in [0.25, 0.3) is 0 Å². The highest BCUT2D eigenvalue weighted by Gasteiger charge is 2.20. The third kappa shape index (κ3) is 6.42. The average molecular weight is 800 g/mol. The number of anilines is 3. The molecule has 0 radical (unpaired) electrons. The molecule has 0 atom stereocenters. The summed E-state index contributed by atoms with van der Waals surface area (Å²) in [5.41, 5.74) is 13.0. The van der Waals surface area contributed by atoms with E-state index in [1.165, 1.54) is 92.8 Å². The van der Waals surface area contributed by atoms with E-state index in [-0.39, 0.29) is 0 Å². The van der Waals surface area contributed by atoms with Crippen LogP contribution in [-0.4, -0.2) is 0 Å². The molecule has 12 aromatic carbocycles.